The molecule has 0 aliphatic carbocycles. The van der Waals surface area contributed by atoms with E-state index >= 15 is 0 Å². The molecule has 0 radical (unpaired) electrons. The van der Waals surface area contributed by atoms with Gasteiger partial charge in [0.1, 0.15) is 11.9 Å². The van der Waals surface area contributed by atoms with E-state index in [0.29, 0.717) is 34.5 Å². The summed E-state index contributed by atoms with van der Waals surface area (Å²) in [6.07, 6.45) is 14.3. The molecule has 1 atom stereocenters. The Labute approximate surface area is 486 Å². The average Bonchev–Trinajstić information content (AvgIpc) is 3.35. The van der Waals surface area contributed by atoms with Crippen LogP contribution in [0.25, 0.3) is 5.70 Å². The maximum absolute atomic E-state index is 14.8. The molecule has 5 rings (SSSR count). The zero-order valence-electron chi connectivity index (χ0n) is 47.1. The number of carbonyl (C=O) groups is 2. The van der Waals surface area contributed by atoms with Gasteiger partial charge in [-0.15, -0.1) is 6.42 Å². The van der Waals surface area contributed by atoms with Crippen molar-refractivity contribution in [1.29, 1.82) is 0 Å². The van der Waals surface area contributed by atoms with Crippen molar-refractivity contribution in [2.24, 2.45) is 16.6 Å². The van der Waals surface area contributed by atoms with Gasteiger partial charge in [-0.05, 0) is 112 Å². The summed E-state index contributed by atoms with van der Waals surface area (Å²) in [5.41, 5.74) is 19.0. The fourth-order valence-corrected chi connectivity index (χ4v) is 9.62. The Morgan fingerprint density at radius 2 is 1.59 bits per heavy atom. The van der Waals surface area contributed by atoms with Crippen LogP contribution in [-0.2, 0) is 16.2 Å². The monoisotopic (exact) mass is 1050 g/mol. The van der Waals surface area contributed by atoms with Crippen molar-refractivity contribution in [3.05, 3.63) is 118 Å². The van der Waals surface area contributed by atoms with Gasteiger partial charge in [0.2, 0.25) is 5.91 Å². The molecule has 2 aliphatic heterocycles. The van der Waals surface area contributed by atoms with Crippen LogP contribution in [0.2, 0.25) is 0 Å². The molecule has 2 aliphatic rings. The Hall–Kier alpha value is -4.01. The molecule has 2 aromatic carbocycles. The van der Waals surface area contributed by atoms with Crippen molar-refractivity contribution in [3.8, 4) is 0 Å². The molecule has 74 heavy (non-hydrogen) atoms. The van der Waals surface area contributed by atoms with Crippen LogP contribution in [0, 0.1) is 18.7 Å². The third-order valence-corrected chi connectivity index (χ3v) is 13.3. The van der Waals surface area contributed by atoms with Crippen LogP contribution in [0.1, 0.15) is 114 Å². The number of hydrogen-bond acceptors (Lipinski definition) is 13. The number of anilines is 4. The van der Waals surface area contributed by atoms with Gasteiger partial charge in [0.05, 0.1) is 24.2 Å². The third-order valence-electron chi connectivity index (χ3n) is 13.3. The number of primary amides is 1. The topological polar surface area (TPSA) is 188 Å². The van der Waals surface area contributed by atoms with Gasteiger partial charge in [-0.3, -0.25) is 38.6 Å². The number of piperazine rings is 1. The van der Waals surface area contributed by atoms with Crippen molar-refractivity contribution < 1.29 is 75.7 Å². The molecule has 406 valence electrons. The van der Waals surface area contributed by atoms with E-state index in [1.54, 1.807) is 55.4 Å². The largest absolute Gasteiger partial charge is 1.00 e. The number of nitrogens with zero attached hydrogens (tertiary/aromatic N) is 7. The zero-order valence-corrected chi connectivity index (χ0v) is 50.2. The number of benzene rings is 2. The molecule has 0 bridgehead atoms. The number of nitrogen functional groups attached to an aromatic ring is 1. The number of carbonyl (C=O) groups excluding carboxylic acids is 2. The molecule has 2 fully saturated rings. The first-order valence-electron chi connectivity index (χ1n) is 25.9. The summed E-state index contributed by atoms with van der Waals surface area (Å²) in [7, 11) is 9.00. The minimum atomic E-state index is -0.614. The summed E-state index contributed by atoms with van der Waals surface area (Å²) in [6, 6.07) is 12.0. The Kier molecular flexibility index (Phi) is 32.5. The fraction of sp³-hybridized carbons (Fsp3) is 0.526. The second-order valence-electron chi connectivity index (χ2n) is 18.9. The van der Waals surface area contributed by atoms with Gasteiger partial charge >= 0.3 is 51.4 Å². The molecule has 1 unspecified atom stereocenters. The third kappa shape index (κ3) is 20.5. The molecular weight excluding hydrogens is 963 g/mol. The SMILES string of the molecule is C=C(/C=C(\C)CN1CCC(c2c(N)cc(C(C)=O)cc2F)CC1)/C(=C\C=NC)n1ccc(NC)cc1=O.CC.[CH2-]CC(C(N)=O)N(OC)c1ccc(CN2CCN(CC(CCC)CCC)CC2)cc1N(C)C.[K+].[OH-]. The number of Topliss-reactive ketones (excluding diaryl/α,β-unsaturated/α-hetero) is 1. The summed E-state index contributed by atoms with van der Waals surface area (Å²) in [6.45, 7) is 29.1. The normalized spacial score (nSPS) is 15.2. The van der Waals surface area contributed by atoms with Crippen LogP contribution in [0.15, 0.2) is 88.3 Å². The number of likely N-dealkylation sites (tertiary alicyclic amines) is 1. The first kappa shape index (κ1) is 68.0. The fourth-order valence-electron chi connectivity index (χ4n) is 9.62. The maximum atomic E-state index is 14.8. The van der Waals surface area contributed by atoms with Gasteiger partial charge in [0.15, 0.2) is 5.78 Å². The summed E-state index contributed by atoms with van der Waals surface area (Å²) in [4.78, 5) is 55.3. The summed E-state index contributed by atoms with van der Waals surface area (Å²) < 4.78 is 16.3. The van der Waals surface area contributed by atoms with E-state index in [4.69, 9.17) is 16.3 Å². The molecule has 2 saturated heterocycles. The van der Waals surface area contributed by atoms with Gasteiger partial charge in [0.25, 0.3) is 5.56 Å². The Bertz CT molecular complexity index is 2330. The predicted octanol–water partition coefficient (Wildman–Crippen LogP) is 6.12. The standard InChI is InChI=1S/C29H36FN5O2.C26H46N5O2.C2H6.K.H2O/c1-19(14-20(2)27(6-10-32-4)35-13-9-24(33-5)17-28(35)37)18-34-11-7-22(8-12-34)29-25(30)15-23(21(3)36)16-26(29)31;1-7-10-21(11-8-2)19-29-14-16-30(17-15-29)20-22-12-13-24(25(18-22)28(4)5)31(33-6)23(9-3)26(27)32;1-2;;/h6,9-10,13-17,22,33H,2,7-8,11-12,18,31H2,1,3-5H3;12-13,18,21,23H,3,7-11,14-17,19-20H2,1-2,4-6H3,(H2,27,32);1-2H3;;1H2/q;-1;;+1;/p-1/b19-14+,27-6+,32-10?;;;;. The number of halogens is 1. The second kappa shape index (κ2) is 35.3. The van der Waals surface area contributed by atoms with Gasteiger partial charge in [-0.1, -0.05) is 64.8 Å². The molecule has 6 N–H and O–H groups in total. The molecule has 17 heteroatoms. The van der Waals surface area contributed by atoms with E-state index in [-0.39, 0.29) is 74.1 Å². The van der Waals surface area contributed by atoms with E-state index in [2.05, 4.69) is 64.5 Å². The van der Waals surface area contributed by atoms with Gasteiger partial charge in [0, 0.05) is 115 Å². The molecular formula is C57H89FKN10O5-. The minimum absolute atomic E-state index is 0. The van der Waals surface area contributed by atoms with E-state index in [1.807, 2.05) is 58.0 Å². The smallest absolute Gasteiger partial charge is 0.870 e. The summed E-state index contributed by atoms with van der Waals surface area (Å²) >= 11 is 0. The van der Waals surface area contributed by atoms with E-state index in [0.717, 1.165) is 93.8 Å². The molecule has 3 heterocycles. The van der Waals surface area contributed by atoms with Crippen molar-refractivity contribution in [2.45, 2.75) is 105 Å². The number of nitrogens with one attached hydrogen (secondary N) is 1. The Morgan fingerprint density at radius 1 is 0.973 bits per heavy atom. The van der Waals surface area contributed by atoms with Crippen LogP contribution in [0.3, 0.4) is 0 Å². The van der Waals surface area contributed by atoms with Crippen LogP contribution in [-0.4, -0.2) is 136 Å². The first-order valence-corrected chi connectivity index (χ1v) is 25.9. The summed E-state index contributed by atoms with van der Waals surface area (Å²) in [5.74, 6) is -0.182. The minimum Gasteiger partial charge on any atom is -0.870 e. The number of nitrogens with two attached hydrogens (primary N) is 2. The number of piperidine rings is 1. The van der Waals surface area contributed by atoms with Crippen LogP contribution < -0.4 is 83.7 Å². The molecule has 3 aromatic rings. The predicted molar refractivity (Wildman–Crippen MR) is 303 cm³/mol. The van der Waals surface area contributed by atoms with E-state index in [9.17, 15) is 18.8 Å². The number of amides is 1. The second-order valence-corrected chi connectivity index (χ2v) is 18.9. The zero-order chi connectivity index (χ0) is 53.5. The number of ketones is 1. The van der Waals surface area contributed by atoms with Crippen LogP contribution >= 0.6 is 0 Å². The van der Waals surface area contributed by atoms with Gasteiger partial charge in [-0.25, -0.2) is 9.45 Å². The number of pyridine rings is 1. The Balaban J connectivity index is 0.000000702. The molecule has 1 aromatic heterocycles. The molecule has 0 spiro atoms. The van der Waals surface area contributed by atoms with Crippen molar-refractivity contribution in [3.63, 3.8) is 0 Å². The first-order chi connectivity index (χ1) is 34.5. The van der Waals surface area contributed by atoms with Gasteiger partial charge < -0.3 is 39.0 Å². The van der Waals surface area contributed by atoms with Gasteiger partial charge in [-0.2, -0.15) is 0 Å². The quantitative estimate of drug-likeness (QED) is 0.0188. The van der Waals surface area contributed by atoms with E-state index < -0.39 is 17.8 Å². The van der Waals surface area contributed by atoms with Crippen LogP contribution in [0.5, 0.6) is 0 Å². The number of allylic oxidation sites excluding steroid dienone is 4. The van der Waals surface area contributed by atoms with Crippen LogP contribution in [0.4, 0.5) is 27.1 Å². The molecule has 0 saturated carbocycles. The number of hydroxylamine groups is 1. The number of hydrogen-bond donors (Lipinski definition) is 3. The van der Waals surface area contributed by atoms with Crippen molar-refractivity contribution in [2.75, 3.05) is 109 Å². The van der Waals surface area contributed by atoms with E-state index in [1.165, 1.54) is 56.8 Å². The number of aromatic nitrogens is 1. The average molecular weight is 1050 g/mol. The Morgan fingerprint density at radius 3 is 2.09 bits per heavy atom. The maximum Gasteiger partial charge on any atom is 1.00 e. The summed E-state index contributed by atoms with van der Waals surface area (Å²) in [5, 5.41) is 4.55. The van der Waals surface area contributed by atoms with Crippen molar-refractivity contribution in [1.82, 2.24) is 19.3 Å². The number of rotatable bonds is 23. The molecule has 15 nitrogen and oxygen atoms in total. The molecule has 1 amide bonds. The number of aliphatic imine (C=N–C) groups is 1. The van der Waals surface area contributed by atoms with Crippen molar-refractivity contribution >= 4 is 46.4 Å².